The molecule has 1 aliphatic rings. The molecular formula is C17H18F3NO3. The van der Waals surface area contributed by atoms with Crippen LogP contribution in [0, 0.1) is 5.92 Å². The Hall–Kier alpha value is -2.31. The molecule has 0 unspecified atom stereocenters. The van der Waals surface area contributed by atoms with Crippen LogP contribution in [0.5, 0.6) is 0 Å². The van der Waals surface area contributed by atoms with Gasteiger partial charge >= 0.3 is 12.1 Å². The minimum absolute atomic E-state index is 0.202. The van der Waals surface area contributed by atoms with Crippen LogP contribution in [0.2, 0.25) is 0 Å². The van der Waals surface area contributed by atoms with Gasteiger partial charge in [-0.25, -0.2) is 0 Å². The van der Waals surface area contributed by atoms with Crippen molar-refractivity contribution in [2.45, 2.75) is 19.0 Å². The number of hydrogen-bond acceptors (Lipinski definition) is 3. The summed E-state index contributed by atoms with van der Waals surface area (Å²) in [6.45, 7) is 0.844. The molecule has 1 aliphatic heterocycles. The standard InChI is InChI=1S/C17H18F3NO3/c1-24-16(23)13-7-9-21(10-8-13)15(22)6-5-12-3-2-4-14(11-12)17(18,19)20/h2-6,11,13H,7-10H2,1H3/b6-5-. The van der Waals surface area contributed by atoms with E-state index in [0.717, 1.165) is 12.1 Å². The van der Waals surface area contributed by atoms with Gasteiger partial charge in [0.25, 0.3) is 0 Å². The fraction of sp³-hybridized carbons (Fsp3) is 0.412. The number of benzene rings is 1. The Morgan fingerprint density at radius 3 is 2.50 bits per heavy atom. The van der Waals surface area contributed by atoms with Gasteiger partial charge in [0, 0.05) is 19.2 Å². The van der Waals surface area contributed by atoms with E-state index in [2.05, 4.69) is 4.74 Å². The third-order valence-electron chi connectivity index (χ3n) is 3.97. The Labute approximate surface area is 137 Å². The van der Waals surface area contributed by atoms with Crippen LogP contribution in [0.25, 0.3) is 6.08 Å². The maximum atomic E-state index is 12.7. The van der Waals surface area contributed by atoms with Crippen molar-refractivity contribution in [2.75, 3.05) is 20.2 Å². The summed E-state index contributed by atoms with van der Waals surface area (Å²) >= 11 is 0. The molecule has 2 rings (SSSR count). The molecule has 130 valence electrons. The molecule has 1 amide bonds. The van der Waals surface area contributed by atoms with E-state index in [1.165, 1.54) is 31.4 Å². The van der Waals surface area contributed by atoms with E-state index in [1.807, 2.05) is 0 Å². The minimum Gasteiger partial charge on any atom is -0.469 e. The van der Waals surface area contributed by atoms with Crippen LogP contribution in [0.3, 0.4) is 0 Å². The molecule has 4 nitrogen and oxygen atoms in total. The van der Waals surface area contributed by atoms with Gasteiger partial charge in [0.1, 0.15) is 0 Å². The van der Waals surface area contributed by atoms with Gasteiger partial charge in [-0.2, -0.15) is 13.2 Å². The van der Waals surface area contributed by atoms with Crippen LogP contribution in [-0.4, -0.2) is 37.0 Å². The van der Waals surface area contributed by atoms with Gasteiger partial charge in [-0.05, 0) is 36.6 Å². The Morgan fingerprint density at radius 2 is 1.92 bits per heavy atom. The number of nitrogens with zero attached hydrogens (tertiary/aromatic N) is 1. The number of rotatable bonds is 3. The number of ether oxygens (including phenoxy) is 1. The molecule has 0 bridgehead atoms. The van der Waals surface area contributed by atoms with Gasteiger partial charge in [0.05, 0.1) is 18.6 Å². The van der Waals surface area contributed by atoms with Gasteiger partial charge in [-0.3, -0.25) is 9.59 Å². The van der Waals surface area contributed by atoms with Crippen LogP contribution >= 0.6 is 0 Å². The first-order chi connectivity index (χ1) is 11.3. The van der Waals surface area contributed by atoms with Crippen molar-refractivity contribution in [1.29, 1.82) is 0 Å². The van der Waals surface area contributed by atoms with Crippen molar-refractivity contribution in [3.8, 4) is 0 Å². The fourth-order valence-corrected chi connectivity index (χ4v) is 2.59. The van der Waals surface area contributed by atoms with Crippen molar-refractivity contribution in [1.82, 2.24) is 4.90 Å². The number of likely N-dealkylation sites (tertiary alicyclic amines) is 1. The summed E-state index contributed by atoms with van der Waals surface area (Å²) in [6.07, 6.45) is -0.743. The van der Waals surface area contributed by atoms with Gasteiger partial charge in [0.2, 0.25) is 5.91 Å². The molecule has 0 aromatic heterocycles. The van der Waals surface area contributed by atoms with Crippen molar-refractivity contribution < 1.29 is 27.5 Å². The second-order valence-electron chi connectivity index (χ2n) is 5.58. The first-order valence-corrected chi connectivity index (χ1v) is 7.53. The topological polar surface area (TPSA) is 46.6 Å². The highest BCUT2D eigenvalue weighted by molar-refractivity contribution is 5.92. The van der Waals surface area contributed by atoms with Crippen LogP contribution in [0.15, 0.2) is 30.3 Å². The summed E-state index contributed by atoms with van der Waals surface area (Å²) in [5.41, 5.74) is -0.446. The predicted octanol–water partition coefficient (Wildman–Crippen LogP) is 3.13. The number of amides is 1. The summed E-state index contributed by atoms with van der Waals surface area (Å²) in [4.78, 5) is 25.1. The van der Waals surface area contributed by atoms with Crippen molar-refractivity contribution in [2.24, 2.45) is 5.92 Å². The fourth-order valence-electron chi connectivity index (χ4n) is 2.59. The van der Waals surface area contributed by atoms with Crippen LogP contribution in [0.4, 0.5) is 13.2 Å². The molecule has 1 aromatic rings. The summed E-state index contributed by atoms with van der Waals surface area (Å²) in [7, 11) is 1.33. The average Bonchev–Trinajstić information content (AvgIpc) is 2.58. The lowest BCUT2D eigenvalue weighted by molar-refractivity contribution is -0.148. The molecule has 1 aromatic carbocycles. The predicted molar refractivity (Wildman–Crippen MR) is 81.8 cm³/mol. The molecular weight excluding hydrogens is 323 g/mol. The zero-order valence-electron chi connectivity index (χ0n) is 13.2. The third-order valence-corrected chi connectivity index (χ3v) is 3.97. The van der Waals surface area contributed by atoms with E-state index in [-0.39, 0.29) is 17.8 Å². The summed E-state index contributed by atoms with van der Waals surface area (Å²) in [5, 5.41) is 0. The normalized spacial score (nSPS) is 16.4. The molecule has 0 radical (unpaired) electrons. The zero-order valence-corrected chi connectivity index (χ0v) is 13.2. The van der Waals surface area contributed by atoms with E-state index < -0.39 is 11.7 Å². The Kier molecular flexibility index (Phi) is 5.64. The number of methoxy groups -OCH3 is 1. The van der Waals surface area contributed by atoms with Gasteiger partial charge < -0.3 is 9.64 Å². The highest BCUT2D eigenvalue weighted by Gasteiger charge is 2.30. The monoisotopic (exact) mass is 341 g/mol. The Balaban J connectivity index is 1.96. The molecule has 24 heavy (non-hydrogen) atoms. The van der Waals surface area contributed by atoms with Crippen LogP contribution < -0.4 is 0 Å². The molecule has 0 spiro atoms. The molecule has 0 aliphatic carbocycles. The van der Waals surface area contributed by atoms with E-state index in [4.69, 9.17) is 0 Å². The Morgan fingerprint density at radius 1 is 1.25 bits per heavy atom. The quantitative estimate of drug-likeness (QED) is 0.627. The van der Waals surface area contributed by atoms with E-state index >= 15 is 0 Å². The molecule has 1 heterocycles. The Bertz CT molecular complexity index is 632. The second-order valence-corrected chi connectivity index (χ2v) is 5.58. The van der Waals surface area contributed by atoms with Crippen LogP contribution in [-0.2, 0) is 20.5 Å². The summed E-state index contributed by atoms with van der Waals surface area (Å²) in [5.74, 6) is -0.760. The van der Waals surface area contributed by atoms with Crippen molar-refractivity contribution in [3.63, 3.8) is 0 Å². The zero-order chi connectivity index (χ0) is 17.7. The average molecular weight is 341 g/mol. The van der Waals surface area contributed by atoms with Gasteiger partial charge in [-0.15, -0.1) is 0 Å². The summed E-state index contributed by atoms with van der Waals surface area (Å²) < 4.78 is 42.6. The van der Waals surface area contributed by atoms with Crippen molar-refractivity contribution in [3.05, 3.63) is 41.5 Å². The number of carbonyl (C=O) groups is 2. The molecule has 1 saturated heterocycles. The number of halogens is 3. The van der Waals surface area contributed by atoms with Crippen LogP contribution in [0.1, 0.15) is 24.0 Å². The number of esters is 1. The first-order valence-electron chi connectivity index (χ1n) is 7.53. The molecule has 0 N–H and O–H groups in total. The number of alkyl halides is 3. The third kappa shape index (κ3) is 4.59. The highest BCUT2D eigenvalue weighted by atomic mass is 19.4. The number of piperidine rings is 1. The lowest BCUT2D eigenvalue weighted by atomic mass is 9.97. The maximum Gasteiger partial charge on any atom is 0.416 e. The van der Waals surface area contributed by atoms with Gasteiger partial charge in [0.15, 0.2) is 0 Å². The lowest BCUT2D eigenvalue weighted by Gasteiger charge is -2.29. The maximum absolute atomic E-state index is 12.7. The van der Waals surface area contributed by atoms with E-state index in [1.54, 1.807) is 4.90 Å². The highest BCUT2D eigenvalue weighted by Crippen LogP contribution is 2.29. The lowest BCUT2D eigenvalue weighted by Crippen LogP contribution is -2.39. The first kappa shape index (κ1) is 18.0. The molecule has 1 fully saturated rings. The second kappa shape index (κ2) is 7.51. The SMILES string of the molecule is COC(=O)C1CCN(C(=O)/C=C\c2cccc(C(F)(F)F)c2)CC1. The molecule has 0 atom stereocenters. The number of carbonyl (C=O) groups excluding carboxylic acids is 2. The minimum atomic E-state index is -4.41. The smallest absolute Gasteiger partial charge is 0.416 e. The van der Waals surface area contributed by atoms with E-state index in [0.29, 0.717) is 31.5 Å². The van der Waals surface area contributed by atoms with Gasteiger partial charge in [-0.1, -0.05) is 12.1 Å². The largest absolute Gasteiger partial charge is 0.469 e. The number of hydrogen-bond donors (Lipinski definition) is 0. The molecule has 7 heteroatoms. The molecule has 0 saturated carbocycles. The summed E-state index contributed by atoms with van der Waals surface area (Å²) in [6, 6.07) is 4.78. The van der Waals surface area contributed by atoms with Crippen molar-refractivity contribution >= 4 is 18.0 Å². The van der Waals surface area contributed by atoms with E-state index in [9.17, 15) is 22.8 Å².